The average Bonchev–Trinajstić information content (AvgIpc) is 2.88. The van der Waals surface area contributed by atoms with Crippen molar-refractivity contribution in [1.29, 1.82) is 0 Å². The van der Waals surface area contributed by atoms with E-state index in [9.17, 15) is 19.5 Å². The molecule has 2 atom stereocenters. The van der Waals surface area contributed by atoms with E-state index in [1.165, 1.54) is 16.8 Å². The SMILES string of the molecule is CCCC(=O)NN(CCNCC(O)COc1ccccc1Cl)C(=O)C(CC)N(C(C)=O)c1ccccc1. The standard InChI is InChI=1S/C27H37ClN4O5/c1-4-11-26(35)30-31(17-16-29-18-22(34)19-37-25-15-10-9-14-23(25)28)27(36)24(5-2)32(20(3)33)21-12-7-6-8-13-21/h6-10,12-15,22,24,29,34H,4-5,11,16-19H2,1-3H3,(H,30,35). The van der Waals surface area contributed by atoms with E-state index in [0.29, 0.717) is 35.8 Å². The topological polar surface area (TPSA) is 111 Å². The minimum atomic E-state index is -0.815. The van der Waals surface area contributed by atoms with Gasteiger partial charge in [0.2, 0.25) is 11.8 Å². The van der Waals surface area contributed by atoms with E-state index in [1.807, 2.05) is 19.9 Å². The van der Waals surface area contributed by atoms with Gasteiger partial charge in [-0.1, -0.05) is 55.8 Å². The van der Waals surface area contributed by atoms with Gasteiger partial charge in [-0.3, -0.25) is 24.8 Å². The molecular formula is C27H37ClN4O5. The second-order valence-corrected chi connectivity index (χ2v) is 8.93. The zero-order valence-electron chi connectivity index (χ0n) is 21.7. The lowest BCUT2D eigenvalue weighted by Crippen LogP contribution is -2.57. The largest absolute Gasteiger partial charge is 0.489 e. The quantitative estimate of drug-likeness (QED) is 0.254. The number of hydrazine groups is 1. The third-order valence-electron chi connectivity index (χ3n) is 5.52. The predicted octanol–water partition coefficient (Wildman–Crippen LogP) is 3.16. The van der Waals surface area contributed by atoms with Crippen molar-refractivity contribution in [2.45, 2.75) is 52.2 Å². The van der Waals surface area contributed by atoms with Gasteiger partial charge in [-0.2, -0.15) is 0 Å². The highest BCUT2D eigenvalue weighted by Gasteiger charge is 2.32. The Morgan fingerprint density at radius 2 is 1.73 bits per heavy atom. The molecule has 2 aromatic carbocycles. The number of hydrogen-bond acceptors (Lipinski definition) is 6. The molecule has 0 aliphatic heterocycles. The molecular weight excluding hydrogens is 496 g/mol. The summed E-state index contributed by atoms with van der Waals surface area (Å²) in [5.74, 6) is -0.466. The van der Waals surface area contributed by atoms with Crippen LogP contribution in [-0.4, -0.2) is 66.2 Å². The molecule has 3 N–H and O–H groups in total. The smallest absolute Gasteiger partial charge is 0.264 e. The number of ether oxygens (including phenoxy) is 1. The maximum Gasteiger partial charge on any atom is 0.264 e. The molecule has 2 rings (SSSR count). The van der Waals surface area contributed by atoms with E-state index in [0.717, 1.165) is 0 Å². The van der Waals surface area contributed by atoms with E-state index in [-0.39, 0.29) is 37.9 Å². The number of hydrogen-bond donors (Lipinski definition) is 3. The monoisotopic (exact) mass is 532 g/mol. The van der Waals surface area contributed by atoms with Crippen LogP contribution in [0, 0.1) is 0 Å². The Balaban J connectivity index is 2.01. The molecule has 202 valence electrons. The summed E-state index contributed by atoms with van der Waals surface area (Å²) in [7, 11) is 0. The van der Waals surface area contributed by atoms with Gasteiger partial charge < -0.3 is 20.1 Å². The number of nitrogens with zero attached hydrogens (tertiary/aromatic N) is 2. The summed E-state index contributed by atoms with van der Waals surface area (Å²) in [4.78, 5) is 39.9. The van der Waals surface area contributed by atoms with Crippen LogP contribution in [-0.2, 0) is 14.4 Å². The maximum atomic E-state index is 13.6. The van der Waals surface area contributed by atoms with Crippen molar-refractivity contribution >= 4 is 35.0 Å². The molecule has 2 unspecified atom stereocenters. The van der Waals surface area contributed by atoms with Crippen molar-refractivity contribution in [3.05, 3.63) is 59.6 Å². The summed E-state index contributed by atoms with van der Waals surface area (Å²) >= 11 is 6.06. The fraction of sp³-hybridized carbons (Fsp3) is 0.444. The molecule has 0 heterocycles. The first kappa shape index (κ1) is 30.1. The van der Waals surface area contributed by atoms with Gasteiger partial charge in [0.1, 0.15) is 24.5 Å². The first-order chi connectivity index (χ1) is 17.8. The zero-order valence-corrected chi connectivity index (χ0v) is 22.4. The number of aliphatic hydroxyl groups is 1. The third kappa shape index (κ3) is 9.68. The van der Waals surface area contributed by atoms with Crippen LogP contribution < -0.4 is 20.4 Å². The molecule has 9 nitrogen and oxygen atoms in total. The molecule has 0 radical (unpaired) electrons. The van der Waals surface area contributed by atoms with Gasteiger partial charge in [-0.05, 0) is 37.1 Å². The molecule has 0 spiro atoms. The summed E-state index contributed by atoms with van der Waals surface area (Å²) in [6.45, 7) is 5.79. The van der Waals surface area contributed by atoms with Crippen molar-refractivity contribution in [2.75, 3.05) is 31.1 Å². The Labute approximate surface area is 223 Å². The molecule has 37 heavy (non-hydrogen) atoms. The molecule has 0 aliphatic carbocycles. The van der Waals surface area contributed by atoms with Gasteiger partial charge >= 0.3 is 0 Å². The average molecular weight is 533 g/mol. The number of benzene rings is 2. The van der Waals surface area contributed by atoms with E-state index >= 15 is 0 Å². The van der Waals surface area contributed by atoms with Gasteiger partial charge in [0.05, 0.1) is 11.6 Å². The van der Waals surface area contributed by atoms with Crippen LogP contribution in [0.4, 0.5) is 5.69 Å². The lowest BCUT2D eigenvalue weighted by atomic mass is 10.1. The van der Waals surface area contributed by atoms with Gasteiger partial charge in [0.25, 0.3) is 5.91 Å². The van der Waals surface area contributed by atoms with Crippen molar-refractivity contribution < 1.29 is 24.2 Å². The molecule has 0 aromatic heterocycles. The van der Waals surface area contributed by atoms with Crippen LogP contribution in [0.15, 0.2) is 54.6 Å². The van der Waals surface area contributed by atoms with Crippen molar-refractivity contribution in [3.63, 3.8) is 0 Å². The van der Waals surface area contributed by atoms with Crippen molar-refractivity contribution in [2.24, 2.45) is 0 Å². The van der Waals surface area contributed by atoms with Crippen LogP contribution in [0.25, 0.3) is 0 Å². The van der Waals surface area contributed by atoms with E-state index in [4.69, 9.17) is 16.3 Å². The number of halogens is 1. The minimum Gasteiger partial charge on any atom is -0.489 e. The van der Waals surface area contributed by atoms with E-state index in [2.05, 4.69) is 10.7 Å². The second-order valence-electron chi connectivity index (χ2n) is 8.52. The number of carbonyl (C=O) groups is 3. The lowest BCUT2D eigenvalue weighted by Gasteiger charge is -2.34. The zero-order chi connectivity index (χ0) is 27.2. The van der Waals surface area contributed by atoms with Gasteiger partial charge in [-0.15, -0.1) is 0 Å². The van der Waals surface area contributed by atoms with Gasteiger partial charge in [-0.25, -0.2) is 0 Å². The molecule has 0 aliphatic rings. The molecule has 10 heteroatoms. The fourth-order valence-electron chi connectivity index (χ4n) is 3.74. The van der Waals surface area contributed by atoms with Crippen molar-refractivity contribution in [1.82, 2.24) is 15.8 Å². The summed E-state index contributed by atoms with van der Waals surface area (Å²) in [5, 5.41) is 15.0. The molecule has 0 bridgehead atoms. The summed E-state index contributed by atoms with van der Waals surface area (Å²) in [5.41, 5.74) is 3.29. The second kappa shape index (κ2) is 15.9. The Bertz CT molecular complexity index is 1010. The molecule has 3 amide bonds. The Hall–Kier alpha value is -3.14. The number of rotatable bonds is 14. The summed E-state index contributed by atoms with van der Waals surface area (Å²) in [6.07, 6.45) is 0.440. The van der Waals surface area contributed by atoms with Gasteiger partial charge in [0, 0.05) is 32.1 Å². The van der Waals surface area contributed by atoms with Crippen LogP contribution in [0.1, 0.15) is 40.0 Å². The highest BCUT2D eigenvalue weighted by atomic mass is 35.5. The van der Waals surface area contributed by atoms with Crippen LogP contribution in [0.2, 0.25) is 5.02 Å². The Morgan fingerprint density at radius 3 is 2.35 bits per heavy atom. The van der Waals surface area contributed by atoms with Crippen LogP contribution in [0.5, 0.6) is 5.75 Å². The lowest BCUT2D eigenvalue weighted by molar-refractivity contribution is -0.143. The Kier molecular flexibility index (Phi) is 12.9. The fourth-order valence-corrected chi connectivity index (χ4v) is 3.93. The molecule has 0 fully saturated rings. The van der Waals surface area contributed by atoms with Crippen LogP contribution >= 0.6 is 11.6 Å². The van der Waals surface area contributed by atoms with E-state index in [1.54, 1.807) is 48.5 Å². The van der Waals surface area contributed by atoms with Gasteiger partial charge in [0.15, 0.2) is 0 Å². The maximum absolute atomic E-state index is 13.6. The molecule has 0 saturated heterocycles. The van der Waals surface area contributed by atoms with Crippen molar-refractivity contribution in [3.8, 4) is 5.75 Å². The first-order valence-electron chi connectivity index (χ1n) is 12.5. The highest BCUT2D eigenvalue weighted by molar-refractivity contribution is 6.32. The predicted molar refractivity (Wildman–Crippen MR) is 144 cm³/mol. The summed E-state index contributed by atoms with van der Waals surface area (Å²) < 4.78 is 5.55. The highest BCUT2D eigenvalue weighted by Crippen LogP contribution is 2.23. The Morgan fingerprint density at radius 1 is 1.05 bits per heavy atom. The van der Waals surface area contributed by atoms with E-state index < -0.39 is 18.1 Å². The molecule has 2 aromatic rings. The number of aliphatic hydroxyl groups excluding tert-OH is 1. The number of anilines is 1. The summed E-state index contributed by atoms with van der Waals surface area (Å²) in [6, 6.07) is 15.2. The minimum absolute atomic E-state index is 0.0369. The third-order valence-corrected chi connectivity index (χ3v) is 5.83. The first-order valence-corrected chi connectivity index (χ1v) is 12.9. The normalized spacial score (nSPS) is 12.4. The molecule has 0 saturated carbocycles. The number of carbonyl (C=O) groups excluding carboxylic acids is 3. The number of nitrogens with one attached hydrogen (secondary N) is 2. The number of para-hydroxylation sites is 2. The number of amides is 3. The van der Waals surface area contributed by atoms with Crippen LogP contribution in [0.3, 0.4) is 0 Å².